The number of rotatable bonds is 8. The summed E-state index contributed by atoms with van der Waals surface area (Å²) in [5.74, 6) is 0. The molecule has 4 heteroatoms. The van der Waals surface area contributed by atoms with Gasteiger partial charge in [0.15, 0.2) is 0 Å². The zero-order valence-electron chi connectivity index (χ0n) is 10.8. The van der Waals surface area contributed by atoms with Crippen LogP contribution in [0.3, 0.4) is 0 Å². The quantitative estimate of drug-likeness (QED) is 0.712. The van der Waals surface area contributed by atoms with E-state index in [0.717, 1.165) is 12.0 Å². The Kier molecular flexibility index (Phi) is 6.37. The predicted molar refractivity (Wildman–Crippen MR) is 69.8 cm³/mol. The summed E-state index contributed by atoms with van der Waals surface area (Å²) < 4.78 is 10.4. The van der Waals surface area contributed by atoms with Crippen molar-refractivity contribution in [1.82, 2.24) is 0 Å². The van der Waals surface area contributed by atoms with E-state index in [1.54, 1.807) is 7.11 Å². The predicted octanol–water partition coefficient (Wildman–Crippen LogP) is 1.81. The fraction of sp³-hybridized carbons (Fsp3) is 0.500. The Labute approximate surface area is 108 Å². The highest BCUT2D eigenvalue weighted by atomic mass is 16.5. The number of nitrogens with zero attached hydrogens (tertiary/aromatic N) is 1. The summed E-state index contributed by atoms with van der Waals surface area (Å²) in [6.07, 6.45) is 1.34. The maximum Gasteiger partial charge on any atom is 0.132 e. The number of benzene rings is 1. The van der Waals surface area contributed by atoms with Crippen molar-refractivity contribution in [1.29, 1.82) is 5.26 Å². The molecule has 0 aliphatic heterocycles. The molecular formula is C14H20N2O2. The van der Waals surface area contributed by atoms with Gasteiger partial charge in [-0.15, -0.1) is 0 Å². The average molecular weight is 248 g/mol. The Balaban J connectivity index is 2.40. The van der Waals surface area contributed by atoms with E-state index in [1.165, 1.54) is 0 Å². The molecule has 0 radical (unpaired) electrons. The van der Waals surface area contributed by atoms with E-state index in [2.05, 4.69) is 6.07 Å². The lowest BCUT2D eigenvalue weighted by Crippen LogP contribution is -2.36. The summed E-state index contributed by atoms with van der Waals surface area (Å²) in [6.45, 7) is 1.79. The van der Waals surface area contributed by atoms with E-state index < -0.39 is 5.54 Å². The third-order valence-corrected chi connectivity index (χ3v) is 2.77. The molecule has 1 aromatic rings. The first-order valence-electron chi connectivity index (χ1n) is 6.05. The van der Waals surface area contributed by atoms with Gasteiger partial charge in [-0.05, 0) is 12.0 Å². The van der Waals surface area contributed by atoms with Crippen LogP contribution in [0.4, 0.5) is 0 Å². The fourth-order valence-corrected chi connectivity index (χ4v) is 1.64. The average Bonchev–Trinajstić information content (AvgIpc) is 2.43. The molecule has 0 aliphatic carbocycles. The minimum Gasteiger partial charge on any atom is -0.385 e. The van der Waals surface area contributed by atoms with Crippen molar-refractivity contribution < 1.29 is 9.47 Å². The van der Waals surface area contributed by atoms with Crippen molar-refractivity contribution in [3.63, 3.8) is 0 Å². The summed E-state index contributed by atoms with van der Waals surface area (Å²) in [7, 11) is 1.66. The molecule has 98 valence electrons. The van der Waals surface area contributed by atoms with Gasteiger partial charge in [-0.2, -0.15) is 5.26 Å². The van der Waals surface area contributed by atoms with E-state index in [1.807, 2.05) is 30.3 Å². The van der Waals surface area contributed by atoms with E-state index in [9.17, 15) is 5.26 Å². The van der Waals surface area contributed by atoms with Crippen LogP contribution in [0.1, 0.15) is 18.4 Å². The number of methoxy groups -OCH3 is 1. The molecule has 0 heterocycles. The van der Waals surface area contributed by atoms with Crippen LogP contribution in [0.25, 0.3) is 0 Å². The normalized spacial score (nSPS) is 13.8. The molecule has 0 fully saturated rings. The first kappa shape index (κ1) is 14.7. The molecule has 0 amide bonds. The van der Waals surface area contributed by atoms with Crippen LogP contribution >= 0.6 is 0 Å². The van der Waals surface area contributed by atoms with Crippen LogP contribution in [-0.4, -0.2) is 26.9 Å². The number of ether oxygens (including phenoxy) is 2. The molecule has 0 aliphatic rings. The molecule has 1 aromatic carbocycles. The van der Waals surface area contributed by atoms with Crippen LogP contribution in [-0.2, 0) is 15.0 Å². The van der Waals surface area contributed by atoms with Gasteiger partial charge in [0.1, 0.15) is 5.54 Å². The monoisotopic (exact) mass is 248 g/mol. The third kappa shape index (κ3) is 4.46. The first-order chi connectivity index (χ1) is 8.73. The Morgan fingerprint density at radius 3 is 2.56 bits per heavy atom. The molecule has 4 nitrogen and oxygen atoms in total. The Hall–Kier alpha value is -1.41. The topological polar surface area (TPSA) is 68.3 Å². The second kappa shape index (κ2) is 7.83. The van der Waals surface area contributed by atoms with Crippen LogP contribution in [0.2, 0.25) is 0 Å². The fourth-order valence-electron chi connectivity index (χ4n) is 1.64. The third-order valence-electron chi connectivity index (χ3n) is 2.77. The highest BCUT2D eigenvalue weighted by Gasteiger charge is 2.26. The Bertz CT molecular complexity index is 375. The molecule has 0 aromatic heterocycles. The Morgan fingerprint density at radius 2 is 1.94 bits per heavy atom. The SMILES string of the molecule is COCCCOCCC(N)(C#N)c1ccccc1. The molecule has 2 N–H and O–H groups in total. The summed E-state index contributed by atoms with van der Waals surface area (Å²) in [5, 5.41) is 9.23. The van der Waals surface area contributed by atoms with Crippen LogP contribution in [0.15, 0.2) is 30.3 Å². The summed E-state index contributed by atoms with van der Waals surface area (Å²) in [6, 6.07) is 11.6. The van der Waals surface area contributed by atoms with Gasteiger partial charge in [0.2, 0.25) is 0 Å². The molecule has 1 rings (SSSR count). The smallest absolute Gasteiger partial charge is 0.132 e. The van der Waals surface area contributed by atoms with Gasteiger partial charge in [0.25, 0.3) is 0 Å². The number of nitrogens with two attached hydrogens (primary N) is 1. The second-order valence-corrected chi connectivity index (χ2v) is 4.16. The van der Waals surface area contributed by atoms with Gasteiger partial charge in [-0.25, -0.2) is 0 Å². The van der Waals surface area contributed by atoms with Gasteiger partial charge in [0.05, 0.1) is 6.07 Å². The maximum atomic E-state index is 9.23. The standard InChI is InChI=1S/C14H20N2O2/c1-17-9-5-10-18-11-8-14(16,12-15)13-6-3-2-4-7-13/h2-4,6-7H,5,8-11,16H2,1H3. The summed E-state index contributed by atoms with van der Waals surface area (Å²) in [5.41, 5.74) is 5.95. The van der Waals surface area contributed by atoms with E-state index >= 15 is 0 Å². The van der Waals surface area contributed by atoms with E-state index in [4.69, 9.17) is 15.2 Å². The first-order valence-corrected chi connectivity index (χ1v) is 6.05. The minimum atomic E-state index is -0.970. The molecule has 0 saturated heterocycles. The zero-order valence-corrected chi connectivity index (χ0v) is 10.8. The largest absolute Gasteiger partial charge is 0.385 e. The van der Waals surface area contributed by atoms with Crippen molar-refractivity contribution in [3.8, 4) is 6.07 Å². The zero-order chi connectivity index (χ0) is 13.3. The van der Waals surface area contributed by atoms with Crippen molar-refractivity contribution in [2.75, 3.05) is 26.9 Å². The number of nitriles is 1. The molecule has 1 unspecified atom stereocenters. The lowest BCUT2D eigenvalue weighted by Gasteiger charge is -2.21. The number of hydrogen-bond donors (Lipinski definition) is 1. The molecule has 0 saturated carbocycles. The van der Waals surface area contributed by atoms with E-state index in [0.29, 0.717) is 26.2 Å². The van der Waals surface area contributed by atoms with Crippen molar-refractivity contribution in [2.24, 2.45) is 5.73 Å². The van der Waals surface area contributed by atoms with Crippen LogP contribution < -0.4 is 5.73 Å². The van der Waals surface area contributed by atoms with Crippen molar-refractivity contribution in [2.45, 2.75) is 18.4 Å². The van der Waals surface area contributed by atoms with Crippen molar-refractivity contribution >= 4 is 0 Å². The van der Waals surface area contributed by atoms with Gasteiger partial charge >= 0.3 is 0 Å². The summed E-state index contributed by atoms with van der Waals surface area (Å²) in [4.78, 5) is 0. The highest BCUT2D eigenvalue weighted by molar-refractivity contribution is 5.30. The Morgan fingerprint density at radius 1 is 1.22 bits per heavy atom. The molecule has 0 bridgehead atoms. The molecular weight excluding hydrogens is 228 g/mol. The summed E-state index contributed by atoms with van der Waals surface area (Å²) >= 11 is 0. The van der Waals surface area contributed by atoms with Gasteiger partial charge < -0.3 is 15.2 Å². The number of hydrogen-bond acceptors (Lipinski definition) is 4. The van der Waals surface area contributed by atoms with Gasteiger partial charge in [-0.3, -0.25) is 0 Å². The van der Waals surface area contributed by atoms with E-state index in [-0.39, 0.29) is 0 Å². The van der Waals surface area contributed by atoms with Gasteiger partial charge in [-0.1, -0.05) is 30.3 Å². The molecule has 1 atom stereocenters. The highest BCUT2D eigenvalue weighted by Crippen LogP contribution is 2.21. The maximum absolute atomic E-state index is 9.23. The lowest BCUT2D eigenvalue weighted by molar-refractivity contribution is 0.0944. The molecule has 18 heavy (non-hydrogen) atoms. The van der Waals surface area contributed by atoms with Gasteiger partial charge in [0, 0.05) is 33.4 Å². The van der Waals surface area contributed by atoms with Crippen LogP contribution in [0.5, 0.6) is 0 Å². The molecule has 0 spiro atoms. The van der Waals surface area contributed by atoms with Crippen molar-refractivity contribution in [3.05, 3.63) is 35.9 Å². The van der Waals surface area contributed by atoms with Crippen LogP contribution in [0, 0.1) is 11.3 Å². The lowest BCUT2D eigenvalue weighted by atomic mass is 9.89. The second-order valence-electron chi connectivity index (χ2n) is 4.16. The minimum absolute atomic E-state index is 0.475.